The van der Waals surface area contributed by atoms with E-state index in [4.69, 9.17) is 4.42 Å². The Balaban J connectivity index is 2.02. The van der Waals surface area contributed by atoms with Crippen molar-refractivity contribution in [2.24, 2.45) is 0 Å². The van der Waals surface area contributed by atoms with Crippen molar-refractivity contribution in [1.82, 2.24) is 9.69 Å². The molecule has 4 heteroatoms. The van der Waals surface area contributed by atoms with E-state index in [1.807, 2.05) is 6.92 Å². The van der Waals surface area contributed by atoms with Crippen LogP contribution >= 0.6 is 11.5 Å². The van der Waals surface area contributed by atoms with Gasteiger partial charge in [-0.05, 0) is 42.6 Å². The Morgan fingerprint density at radius 1 is 1.60 bits per heavy atom. The molecule has 1 N–H and O–H groups in total. The standard InChI is InChI=1S/C11H12N2OS/c1-7-6-9(15-13-7)10-11-8(2-4-12-10)3-5-14-11/h3,5-6,10,12H,2,4H2,1H3. The van der Waals surface area contributed by atoms with Crippen LogP contribution in [0.15, 0.2) is 22.8 Å². The van der Waals surface area contributed by atoms with Crippen molar-refractivity contribution in [1.29, 1.82) is 0 Å². The molecule has 1 aliphatic heterocycles. The maximum absolute atomic E-state index is 5.55. The molecule has 78 valence electrons. The first-order valence-corrected chi connectivity index (χ1v) is 5.85. The van der Waals surface area contributed by atoms with Gasteiger partial charge in [0.25, 0.3) is 0 Å². The van der Waals surface area contributed by atoms with Gasteiger partial charge in [0.1, 0.15) is 11.8 Å². The van der Waals surface area contributed by atoms with Crippen LogP contribution in [0, 0.1) is 6.92 Å². The van der Waals surface area contributed by atoms with Gasteiger partial charge in [0.15, 0.2) is 0 Å². The van der Waals surface area contributed by atoms with Crippen molar-refractivity contribution in [3.05, 3.63) is 40.3 Å². The summed E-state index contributed by atoms with van der Waals surface area (Å²) < 4.78 is 9.86. The summed E-state index contributed by atoms with van der Waals surface area (Å²) in [5, 5.41) is 3.47. The molecule has 0 aromatic carbocycles. The lowest BCUT2D eigenvalue weighted by Gasteiger charge is -2.21. The molecule has 0 fully saturated rings. The number of nitrogens with zero attached hydrogens (tertiary/aromatic N) is 1. The fourth-order valence-corrected chi connectivity index (χ4v) is 2.82. The summed E-state index contributed by atoms with van der Waals surface area (Å²) in [7, 11) is 0. The Labute approximate surface area is 92.3 Å². The van der Waals surface area contributed by atoms with Crippen LogP contribution in [0.3, 0.4) is 0 Å². The number of rotatable bonds is 1. The Morgan fingerprint density at radius 3 is 3.33 bits per heavy atom. The van der Waals surface area contributed by atoms with Gasteiger partial charge in [-0.1, -0.05) is 0 Å². The van der Waals surface area contributed by atoms with Gasteiger partial charge in [0.05, 0.1) is 16.8 Å². The topological polar surface area (TPSA) is 38.1 Å². The molecule has 15 heavy (non-hydrogen) atoms. The van der Waals surface area contributed by atoms with Gasteiger partial charge in [-0.3, -0.25) is 0 Å². The molecular weight excluding hydrogens is 208 g/mol. The minimum Gasteiger partial charge on any atom is -0.467 e. The highest BCUT2D eigenvalue weighted by Crippen LogP contribution is 2.31. The quantitative estimate of drug-likeness (QED) is 0.801. The zero-order valence-electron chi connectivity index (χ0n) is 8.49. The smallest absolute Gasteiger partial charge is 0.129 e. The zero-order chi connectivity index (χ0) is 10.3. The zero-order valence-corrected chi connectivity index (χ0v) is 9.30. The van der Waals surface area contributed by atoms with Crippen LogP contribution in [-0.2, 0) is 6.42 Å². The first-order chi connectivity index (χ1) is 7.34. The third-order valence-corrected chi connectivity index (χ3v) is 3.66. The largest absolute Gasteiger partial charge is 0.467 e. The van der Waals surface area contributed by atoms with Gasteiger partial charge in [-0.2, -0.15) is 4.37 Å². The third kappa shape index (κ3) is 1.50. The number of fused-ring (bicyclic) bond motifs is 1. The molecule has 3 heterocycles. The molecule has 0 spiro atoms. The van der Waals surface area contributed by atoms with E-state index in [1.54, 1.807) is 17.8 Å². The van der Waals surface area contributed by atoms with E-state index in [2.05, 4.69) is 21.8 Å². The van der Waals surface area contributed by atoms with Crippen LogP contribution in [0.2, 0.25) is 0 Å². The van der Waals surface area contributed by atoms with E-state index in [9.17, 15) is 0 Å². The summed E-state index contributed by atoms with van der Waals surface area (Å²) in [5.74, 6) is 1.06. The monoisotopic (exact) mass is 220 g/mol. The van der Waals surface area contributed by atoms with Crippen LogP contribution in [0.25, 0.3) is 0 Å². The van der Waals surface area contributed by atoms with E-state index in [-0.39, 0.29) is 6.04 Å². The molecule has 1 unspecified atom stereocenters. The second-order valence-corrected chi connectivity index (χ2v) is 4.65. The normalized spacial score (nSPS) is 20.2. The van der Waals surface area contributed by atoms with Crippen LogP contribution in [0.1, 0.15) is 27.9 Å². The number of aromatic nitrogens is 1. The van der Waals surface area contributed by atoms with E-state index in [0.717, 1.165) is 24.4 Å². The SMILES string of the molecule is Cc1cc(C2NCCc3ccoc32)sn1. The van der Waals surface area contributed by atoms with Gasteiger partial charge in [-0.15, -0.1) is 0 Å². The maximum atomic E-state index is 5.55. The third-order valence-electron chi connectivity index (χ3n) is 2.72. The predicted octanol–water partition coefficient (Wildman–Crippen LogP) is 2.28. The number of hydrogen-bond donors (Lipinski definition) is 1. The van der Waals surface area contributed by atoms with E-state index in [1.165, 1.54) is 10.4 Å². The number of nitrogens with one attached hydrogen (secondary N) is 1. The van der Waals surface area contributed by atoms with Gasteiger partial charge in [-0.25, -0.2) is 0 Å². The fourth-order valence-electron chi connectivity index (χ4n) is 2.00. The molecule has 2 aromatic heterocycles. The predicted molar refractivity (Wildman–Crippen MR) is 59.1 cm³/mol. The van der Waals surface area contributed by atoms with Crippen molar-refractivity contribution >= 4 is 11.5 Å². The Kier molecular flexibility index (Phi) is 2.11. The van der Waals surface area contributed by atoms with Gasteiger partial charge in [0.2, 0.25) is 0 Å². The van der Waals surface area contributed by atoms with Crippen molar-refractivity contribution < 1.29 is 4.42 Å². The van der Waals surface area contributed by atoms with Gasteiger partial charge in [0, 0.05) is 6.54 Å². The molecule has 0 amide bonds. The van der Waals surface area contributed by atoms with Gasteiger partial charge >= 0.3 is 0 Å². The highest BCUT2D eigenvalue weighted by Gasteiger charge is 2.25. The first kappa shape index (κ1) is 9.12. The Morgan fingerprint density at radius 2 is 2.53 bits per heavy atom. The van der Waals surface area contributed by atoms with E-state index in [0.29, 0.717) is 0 Å². The van der Waals surface area contributed by atoms with Gasteiger partial charge < -0.3 is 9.73 Å². The molecule has 0 radical (unpaired) electrons. The molecule has 3 nitrogen and oxygen atoms in total. The second-order valence-electron chi connectivity index (χ2n) is 3.82. The summed E-state index contributed by atoms with van der Waals surface area (Å²) in [4.78, 5) is 1.24. The highest BCUT2D eigenvalue weighted by atomic mass is 32.1. The maximum Gasteiger partial charge on any atom is 0.129 e. The van der Waals surface area contributed by atoms with Crippen molar-refractivity contribution in [2.75, 3.05) is 6.54 Å². The molecular formula is C11H12N2OS. The lowest BCUT2D eigenvalue weighted by Crippen LogP contribution is -2.29. The average molecular weight is 220 g/mol. The van der Waals surface area contributed by atoms with Crippen molar-refractivity contribution in [3.63, 3.8) is 0 Å². The molecule has 1 atom stereocenters. The molecule has 2 aromatic rings. The summed E-state index contributed by atoms with van der Waals surface area (Å²) in [5.41, 5.74) is 2.40. The minimum atomic E-state index is 0.204. The number of furan rings is 1. The molecule has 0 bridgehead atoms. The van der Waals surface area contributed by atoms with Crippen molar-refractivity contribution in [2.45, 2.75) is 19.4 Å². The van der Waals surface area contributed by atoms with E-state index >= 15 is 0 Å². The molecule has 0 aliphatic carbocycles. The summed E-state index contributed by atoms with van der Waals surface area (Å²) in [6, 6.07) is 4.40. The van der Waals surface area contributed by atoms with Crippen LogP contribution in [-0.4, -0.2) is 10.9 Å². The fraction of sp³-hybridized carbons (Fsp3) is 0.364. The Hall–Kier alpha value is -1.13. The summed E-state index contributed by atoms with van der Waals surface area (Å²) in [6.45, 7) is 3.03. The average Bonchev–Trinajstić information content (AvgIpc) is 2.84. The van der Waals surface area contributed by atoms with Crippen molar-refractivity contribution in [3.8, 4) is 0 Å². The lowest BCUT2D eigenvalue weighted by atomic mass is 10.0. The van der Waals surface area contributed by atoms with Crippen LogP contribution in [0.4, 0.5) is 0 Å². The first-order valence-electron chi connectivity index (χ1n) is 5.07. The number of hydrogen-bond acceptors (Lipinski definition) is 4. The van der Waals surface area contributed by atoms with Crippen LogP contribution in [0.5, 0.6) is 0 Å². The second kappa shape index (κ2) is 3.47. The van der Waals surface area contributed by atoms with Crippen LogP contribution < -0.4 is 5.32 Å². The molecule has 1 aliphatic rings. The van der Waals surface area contributed by atoms with E-state index < -0.39 is 0 Å². The summed E-state index contributed by atoms with van der Waals surface area (Å²) >= 11 is 1.55. The summed E-state index contributed by atoms with van der Waals surface area (Å²) in [6.07, 6.45) is 2.83. The molecule has 0 saturated carbocycles. The lowest BCUT2D eigenvalue weighted by molar-refractivity contribution is 0.428. The highest BCUT2D eigenvalue weighted by molar-refractivity contribution is 7.05. The minimum absolute atomic E-state index is 0.204. The molecule has 0 saturated heterocycles. The number of aryl methyl sites for hydroxylation is 1. The molecule has 3 rings (SSSR count). The Bertz CT molecular complexity index is 474.